The van der Waals surface area contributed by atoms with Crippen LogP contribution in [-0.4, -0.2) is 40.5 Å². The number of aryl methyl sites for hydroxylation is 2. The first-order chi connectivity index (χ1) is 14.0. The third kappa shape index (κ3) is 4.08. The molecule has 0 aliphatic carbocycles. The van der Waals surface area contributed by atoms with Gasteiger partial charge in [0.05, 0.1) is 0 Å². The van der Waals surface area contributed by atoms with Crippen molar-refractivity contribution in [1.29, 1.82) is 0 Å². The lowest BCUT2D eigenvalue weighted by Crippen LogP contribution is -2.12. The van der Waals surface area contributed by atoms with Crippen molar-refractivity contribution in [1.82, 2.24) is 34.5 Å². The van der Waals surface area contributed by atoms with Crippen molar-refractivity contribution in [3.05, 3.63) is 59.4 Å². The average Bonchev–Trinajstić information content (AvgIpc) is 3.11. The second-order valence-electron chi connectivity index (χ2n) is 6.19. The van der Waals surface area contributed by atoms with Crippen molar-refractivity contribution >= 4 is 29.3 Å². The summed E-state index contributed by atoms with van der Waals surface area (Å²) in [5.74, 6) is -0.0482. The van der Waals surface area contributed by atoms with Crippen molar-refractivity contribution in [3.63, 3.8) is 0 Å². The highest BCUT2D eigenvalue weighted by Crippen LogP contribution is 2.13. The van der Waals surface area contributed by atoms with Gasteiger partial charge < -0.3 is 15.8 Å². The summed E-state index contributed by atoms with van der Waals surface area (Å²) >= 11 is 0. The molecule has 146 valence electrons. The number of anilines is 3. The maximum Gasteiger partial charge on any atom is 0.378 e. The number of hydrogen-bond donors (Lipinski definition) is 2. The van der Waals surface area contributed by atoms with Gasteiger partial charge in [0, 0.05) is 17.1 Å². The standard InChI is InChI=1S/C18H17N9O2/c1-10-8-11(2)27-18(20-10)24-14(26-27)15(28)29-9-13-22-16(19)25-17(23-13)21-12-6-4-3-5-7-12/h3-8H,9H2,1-2H3,(H3,19,21,22,23,25). The largest absolute Gasteiger partial charge is 0.452 e. The summed E-state index contributed by atoms with van der Waals surface area (Å²) in [6, 6.07) is 11.2. The van der Waals surface area contributed by atoms with Crippen molar-refractivity contribution in [2.75, 3.05) is 11.1 Å². The predicted molar refractivity (Wildman–Crippen MR) is 103 cm³/mol. The van der Waals surface area contributed by atoms with E-state index in [0.29, 0.717) is 5.78 Å². The number of carbonyl (C=O) groups excluding carboxylic acids is 1. The second-order valence-corrected chi connectivity index (χ2v) is 6.19. The smallest absolute Gasteiger partial charge is 0.378 e. The Morgan fingerprint density at radius 1 is 1.10 bits per heavy atom. The van der Waals surface area contributed by atoms with Crippen LogP contribution in [0.3, 0.4) is 0 Å². The molecule has 0 unspecified atom stereocenters. The van der Waals surface area contributed by atoms with Crippen LogP contribution >= 0.6 is 0 Å². The molecule has 3 heterocycles. The van der Waals surface area contributed by atoms with E-state index in [1.165, 1.54) is 4.52 Å². The number of nitrogens with one attached hydrogen (secondary N) is 1. The molecular formula is C18H17N9O2. The van der Waals surface area contributed by atoms with Gasteiger partial charge in [-0.15, -0.1) is 5.10 Å². The van der Waals surface area contributed by atoms with Crippen LogP contribution in [0.5, 0.6) is 0 Å². The van der Waals surface area contributed by atoms with Gasteiger partial charge in [0.2, 0.25) is 11.9 Å². The highest BCUT2D eigenvalue weighted by molar-refractivity contribution is 5.85. The van der Waals surface area contributed by atoms with Crippen molar-refractivity contribution in [2.45, 2.75) is 20.5 Å². The topological polar surface area (TPSA) is 146 Å². The maximum absolute atomic E-state index is 12.3. The first-order valence-corrected chi connectivity index (χ1v) is 8.68. The molecule has 0 saturated heterocycles. The van der Waals surface area contributed by atoms with Gasteiger partial charge in [-0.1, -0.05) is 18.2 Å². The molecule has 0 spiro atoms. The summed E-state index contributed by atoms with van der Waals surface area (Å²) in [4.78, 5) is 32.9. The summed E-state index contributed by atoms with van der Waals surface area (Å²) in [6.45, 7) is 3.47. The van der Waals surface area contributed by atoms with Gasteiger partial charge >= 0.3 is 5.97 Å². The monoisotopic (exact) mass is 391 g/mol. The molecule has 0 atom stereocenters. The molecule has 0 bridgehead atoms. The van der Waals surface area contributed by atoms with Crippen molar-refractivity contribution in [3.8, 4) is 0 Å². The van der Waals surface area contributed by atoms with E-state index in [-0.39, 0.29) is 30.2 Å². The molecular weight excluding hydrogens is 374 g/mol. The zero-order chi connectivity index (χ0) is 20.4. The minimum absolute atomic E-state index is 0.00522. The number of esters is 1. The minimum Gasteiger partial charge on any atom is -0.452 e. The number of hydrogen-bond acceptors (Lipinski definition) is 10. The molecule has 0 aliphatic rings. The predicted octanol–water partition coefficient (Wildman–Crippen LogP) is 1.61. The number of carbonyl (C=O) groups is 1. The van der Waals surface area contributed by atoms with E-state index in [1.807, 2.05) is 50.2 Å². The lowest BCUT2D eigenvalue weighted by molar-refractivity contribution is 0.0448. The number of nitrogen functional groups attached to an aromatic ring is 1. The molecule has 0 saturated carbocycles. The van der Waals surface area contributed by atoms with Crippen molar-refractivity contribution < 1.29 is 9.53 Å². The summed E-state index contributed by atoms with van der Waals surface area (Å²) in [6.07, 6.45) is 0. The van der Waals surface area contributed by atoms with Gasteiger partial charge in [-0.2, -0.15) is 19.9 Å². The average molecular weight is 391 g/mol. The van der Waals surface area contributed by atoms with Crippen LogP contribution < -0.4 is 11.1 Å². The first-order valence-electron chi connectivity index (χ1n) is 8.68. The molecule has 3 N–H and O–H groups in total. The molecule has 0 fully saturated rings. The number of aromatic nitrogens is 7. The van der Waals surface area contributed by atoms with Gasteiger partial charge in [0.1, 0.15) is 0 Å². The van der Waals surface area contributed by atoms with Gasteiger partial charge in [0.15, 0.2) is 12.4 Å². The zero-order valence-electron chi connectivity index (χ0n) is 15.7. The molecule has 4 aromatic rings. The molecule has 29 heavy (non-hydrogen) atoms. The summed E-state index contributed by atoms with van der Waals surface area (Å²) in [5.41, 5.74) is 8.10. The molecule has 0 aliphatic heterocycles. The van der Waals surface area contributed by atoms with E-state index in [0.717, 1.165) is 17.1 Å². The van der Waals surface area contributed by atoms with E-state index < -0.39 is 5.97 Å². The number of nitrogens with zero attached hydrogens (tertiary/aromatic N) is 7. The molecule has 11 nitrogen and oxygen atoms in total. The normalized spacial score (nSPS) is 10.8. The van der Waals surface area contributed by atoms with E-state index in [4.69, 9.17) is 10.5 Å². The Balaban J connectivity index is 1.48. The molecule has 1 aromatic carbocycles. The highest BCUT2D eigenvalue weighted by Gasteiger charge is 2.17. The Kier molecular flexibility index (Phi) is 4.69. The third-order valence-corrected chi connectivity index (χ3v) is 3.86. The van der Waals surface area contributed by atoms with E-state index in [1.54, 1.807) is 0 Å². The quantitative estimate of drug-likeness (QED) is 0.481. The van der Waals surface area contributed by atoms with Gasteiger partial charge in [-0.25, -0.2) is 14.3 Å². The minimum atomic E-state index is -0.718. The maximum atomic E-state index is 12.3. The van der Waals surface area contributed by atoms with Crippen LogP contribution in [0.15, 0.2) is 36.4 Å². The van der Waals surface area contributed by atoms with Crippen LogP contribution in [0, 0.1) is 13.8 Å². The van der Waals surface area contributed by atoms with Crippen LogP contribution in [0.4, 0.5) is 17.6 Å². The number of rotatable bonds is 5. The lowest BCUT2D eigenvalue weighted by Gasteiger charge is -2.07. The highest BCUT2D eigenvalue weighted by atomic mass is 16.5. The fraction of sp³-hybridized carbons (Fsp3) is 0.167. The molecule has 11 heteroatoms. The van der Waals surface area contributed by atoms with Gasteiger partial charge in [-0.3, -0.25) is 0 Å². The Morgan fingerprint density at radius 3 is 2.69 bits per heavy atom. The summed E-state index contributed by atoms with van der Waals surface area (Å²) in [5, 5.41) is 7.15. The Morgan fingerprint density at radius 2 is 1.90 bits per heavy atom. The molecule has 3 aromatic heterocycles. The zero-order valence-corrected chi connectivity index (χ0v) is 15.7. The lowest BCUT2D eigenvalue weighted by atomic mass is 10.3. The molecule has 4 rings (SSSR count). The van der Waals surface area contributed by atoms with Crippen molar-refractivity contribution in [2.24, 2.45) is 0 Å². The summed E-state index contributed by atoms with van der Waals surface area (Å²) < 4.78 is 6.71. The Bertz CT molecular complexity index is 1190. The summed E-state index contributed by atoms with van der Waals surface area (Å²) in [7, 11) is 0. The van der Waals surface area contributed by atoms with E-state index in [9.17, 15) is 4.79 Å². The fourth-order valence-electron chi connectivity index (χ4n) is 2.66. The fourth-order valence-corrected chi connectivity index (χ4v) is 2.66. The number of para-hydroxylation sites is 1. The first kappa shape index (κ1) is 18.2. The van der Waals surface area contributed by atoms with Crippen LogP contribution in [-0.2, 0) is 11.3 Å². The van der Waals surface area contributed by atoms with Gasteiger partial charge in [-0.05, 0) is 32.0 Å². The third-order valence-electron chi connectivity index (χ3n) is 3.86. The van der Waals surface area contributed by atoms with Gasteiger partial charge in [0.25, 0.3) is 11.6 Å². The van der Waals surface area contributed by atoms with E-state index >= 15 is 0 Å². The van der Waals surface area contributed by atoms with Crippen LogP contribution in [0.25, 0.3) is 5.78 Å². The molecule has 0 radical (unpaired) electrons. The van der Waals surface area contributed by atoms with E-state index in [2.05, 4.69) is 35.3 Å². The molecule has 0 amide bonds. The van der Waals surface area contributed by atoms with Crippen LogP contribution in [0.1, 0.15) is 27.8 Å². The second kappa shape index (κ2) is 7.46. The number of ether oxygens (including phenoxy) is 1. The SMILES string of the molecule is Cc1cc(C)n2nc(C(=O)OCc3nc(N)nc(Nc4ccccc4)n3)nc2n1. The Hall–Kier alpha value is -4.15. The number of fused-ring (bicyclic) bond motifs is 1. The van der Waals surface area contributed by atoms with Crippen LogP contribution in [0.2, 0.25) is 0 Å². The number of benzene rings is 1. The Labute approximate surface area is 165 Å². The number of nitrogens with two attached hydrogens (primary N) is 1.